The van der Waals surface area contributed by atoms with Crippen molar-refractivity contribution >= 4 is 23.3 Å². The Kier molecular flexibility index (Phi) is 7.20. The van der Waals surface area contributed by atoms with Gasteiger partial charge in [0.25, 0.3) is 0 Å². The standard InChI is InChI=1S/C8H18NO12P3/c1-5-7(10)8(11)6(20-5)4-19-22(12,13)9-23(14,15)21-24(16,17-2)18-3/h6,8,10-11H,4H2,1-3H3,(H3,9,12,13,14,15)/p-2/t6-,8-/m1/s1. The predicted molar refractivity (Wildman–Crippen MR) is 73.2 cm³/mol. The Morgan fingerprint density at radius 1 is 1.21 bits per heavy atom. The van der Waals surface area contributed by atoms with Gasteiger partial charge in [0.05, 0.1) is 6.61 Å². The molecule has 0 saturated carbocycles. The minimum atomic E-state index is -5.45. The highest BCUT2D eigenvalue weighted by Crippen LogP contribution is 2.61. The van der Waals surface area contributed by atoms with Crippen molar-refractivity contribution in [3.63, 3.8) is 0 Å². The van der Waals surface area contributed by atoms with Gasteiger partial charge < -0.3 is 29.3 Å². The van der Waals surface area contributed by atoms with Gasteiger partial charge in [0.15, 0.2) is 18.0 Å². The smallest absolute Gasteiger partial charge is 0.480 e. The van der Waals surface area contributed by atoms with Gasteiger partial charge >= 0.3 is 7.82 Å². The minimum Gasteiger partial charge on any atom is -0.766 e. The molecule has 1 aliphatic rings. The van der Waals surface area contributed by atoms with Crippen LogP contribution in [0.5, 0.6) is 0 Å². The average Bonchev–Trinajstić information content (AvgIpc) is 2.70. The van der Waals surface area contributed by atoms with Crippen LogP contribution in [0.15, 0.2) is 11.5 Å². The van der Waals surface area contributed by atoms with E-state index in [-0.39, 0.29) is 5.76 Å². The Morgan fingerprint density at radius 3 is 2.17 bits per heavy atom. The summed E-state index contributed by atoms with van der Waals surface area (Å²) in [6.07, 6.45) is -2.81. The van der Waals surface area contributed by atoms with Crippen LogP contribution in [0.2, 0.25) is 0 Å². The Labute approximate surface area is 136 Å². The fourth-order valence-electron chi connectivity index (χ4n) is 1.50. The molecule has 0 aromatic rings. The molecule has 0 saturated heterocycles. The summed E-state index contributed by atoms with van der Waals surface area (Å²) in [5.41, 5.74) is 0. The number of hydrogen-bond donors (Lipinski definition) is 3. The molecule has 2 unspecified atom stereocenters. The second kappa shape index (κ2) is 7.94. The van der Waals surface area contributed by atoms with Crippen LogP contribution in [0.25, 0.3) is 0 Å². The number of phosphoric acid groups is 1. The van der Waals surface area contributed by atoms with Gasteiger partial charge in [-0.15, -0.1) is 0 Å². The summed E-state index contributed by atoms with van der Waals surface area (Å²) in [5, 5.41) is 18.9. The molecule has 0 amide bonds. The molecule has 4 atom stereocenters. The van der Waals surface area contributed by atoms with E-state index in [0.29, 0.717) is 0 Å². The lowest BCUT2D eigenvalue weighted by atomic mass is 10.2. The third kappa shape index (κ3) is 5.91. The van der Waals surface area contributed by atoms with Gasteiger partial charge in [-0.05, 0) is 6.92 Å². The zero-order valence-corrected chi connectivity index (χ0v) is 15.4. The summed E-state index contributed by atoms with van der Waals surface area (Å²) in [5.74, 6) is -0.542. The topological polar surface area (TPSA) is 196 Å². The summed E-state index contributed by atoms with van der Waals surface area (Å²) in [6.45, 7) is 0.503. The summed E-state index contributed by atoms with van der Waals surface area (Å²) in [6, 6.07) is 0. The molecule has 0 fully saturated rings. The van der Waals surface area contributed by atoms with E-state index in [0.717, 1.165) is 19.1 Å². The third-order valence-electron chi connectivity index (χ3n) is 2.63. The molecule has 0 spiro atoms. The Balaban J connectivity index is 2.65. The fraction of sp³-hybridized carbons (Fsp3) is 0.750. The Bertz CT molecular complexity index is 626. The quantitative estimate of drug-likeness (QED) is 0.411. The van der Waals surface area contributed by atoms with Gasteiger partial charge in [-0.2, -0.15) is 4.86 Å². The average molecular weight is 411 g/mol. The molecule has 0 radical (unpaired) electrons. The molecular formula is C8H16NO12P3-2. The zero-order chi connectivity index (χ0) is 18.8. The largest absolute Gasteiger partial charge is 0.766 e. The van der Waals surface area contributed by atoms with E-state index in [1.165, 1.54) is 6.92 Å². The maximum atomic E-state index is 11.6. The second-order valence-electron chi connectivity index (χ2n) is 4.33. The van der Waals surface area contributed by atoms with Crippen LogP contribution >= 0.6 is 23.3 Å². The molecule has 16 heteroatoms. The van der Waals surface area contributed by atoms with Crippen molar-refractivity contribution in [1.29, 1.82) is 0 Å². The highest BCUT2D eigenvalue weighted by molar-refractivity contribution is 7.70. The molecule has 1 heterocycles. The monoisotopic (exact) mass is 411 g/mol. The predicted octanol–water partition coefficient (Wildman–Crippen LogP) is -0.504. The fourth-order valence-corrected chi connectivity index (χ4v) is 5.49. The van der Waals surface area contributed by atoms with E-state index in [2.05, 4.69) is 17.9 Å². The molecular weight excluding hydrogens is 395 g/mol. The van der Waals surface area contributed by atoms with Crippen LogP contribution in [0, 0.1) is 0 Å². The number of nitrogens with one attached hydrogen (secondary N) is 1. The molecule has 0 bridgehead atoms. The number of phosphoric ester groups is 1. The number of hydrogen-bond acceptors (Lipinski definition) is 12. The third-order valence-corrected chi connectivity index (χ3v) is 7.63. The van der Waals surface area contributed by atoms with Crippen molar-refractivity contribution in [3.8, 4) is 0 Å². The summed E-state index contributed by atoms with van der Waals surface area (Å²) in [7, 11) is -13.6. The first-order valence-corrected chi connectivity index (χ1v) is 10.6. The number of aliphatic hydroxyl groups excluding tert-OH is 2. The first kappa shape index (κ1) is 21.8. The summed E-state index contributed by atoms with van der Waals surface area (Å²) in [4.78, 5) is 24.1. The van der Waals surface area contributed by atoms with Gasteiger partial charge in [-0.3, -0.25) is 18.2 Å². The van der Waals surface area contributed by atoms with Gasteiger partial charge in [0, 0.05) is 14.2 Å². The lowest BCUT2D eigenvalue weighted by Crippen LogP contribution is -2.32. The van der Waals surface area contributed by atoms with Crippen LogP contribution < -0.4 is 14.6 Å². The first-order valence-electron chi connectivity index (χ1n) is 6.08. The number of allylic oxidation sites excluding steroid dienone is 1. The molecule has 24 heavy (non-hydrogen) atoms. The zero-order valence-electron chi connectivity index (χ0n) is 12.7. The van der Waals surface area contributed by atoms with Gasteiger partial charge in [0.1, 0.15) is 5.76 Å². The van der Waals surface area contributed by atoms with Crippen LogP contribution in [0.4, 0.5) is 0 Å². The van der Waals surface area contributed by atoms with E-state index in [1.54, 1.807) is 0 Å². The molecule has 0 aromatic carbocycles. The second-order valence-corrected chi connectivity index (χ2v) is 9.65. The molecule has 0 aromatic heterocycles. The van der Waals surface area contributed by atoms with E-state index in [1.807, 2.05) is 0 Å². The van der Waals surface area contributed by atoms with Crippen LogP contribution in [0.1, 0.15) is 6.92 Å². The van der Waals surface area contributed by atoms with Crippen molar-refractivity contribution in [2.24, 2.45) is 0 Å². The lowest BCUT2D eigenvalue weighted by Gasteiger charge is -2.33. The van der Waals surface area contributed by atoms with Gasteiger partial charge in [-0.25, -0.2) is 8.88 Å². The normalized spacial score (nSPS) is 26.8. The highest BCUT2D eigenvalue weighted by Gasteiger charge is 2.36. The molecule has 0 aliphatic carbocycles. The molecule has 1 aliphatic heterocycles. The summed E-state index contributed by atoms with van der Waals surface area (Å²) < 4.78 is 56.3. The number of aliphatic hydroxyl groups is 2. The molecule has 3 N–H and O–H groups in total. The lowest BCUT2D eigenvalue weighted by molar-refractivity contribution is -0.212. The Hall–Kier alpha value is -0.290. The van der Waals surface area contributed by atoms with Crippen molar-refractivity contribution in [2.75, 3.05) is 20.8 Å². The molecule has 13 nitrogen and oxygen atoms in total. The maximum absolute atomic E-state index is 11.6. The first-order chi connectivity index (χ1) is 10.8. The van der Waals surface area contributed by atoms with E-state index < -0.39 is 47.9 Å². The van der Waals surface area contributed by atoms with Crippen molar-refractivity contribution < 1.29 is 56.3 Å². The van der Waals surface area contributed by atoms with Crippen molar-refractivity contribution in [1.82, 2.24) is 4.86 Å². The number of ether oxygens (including phenoxy) is 1. The van der Waals surface area contributed by atoms with Crippen LogP contribution in [0.3, 0.4) is 0 Å². The number of rotatable bonds is 9. The van der Waals surface area contributed by atoms with E-state index in [9.17, 15) is 33.7 Å². The van der Waals surface area contributed by atoms with Crippen molar-refractivity contribution in [3.05, 3.63) is 11.5 Å². The minimum absolute atomic E-state index is 0.0382. The SMILES string of the molecule is COP(=O)(OC)OP(=O)([O-])NP(=O)([O-])OC[C@H]1OC(C)=C(O)[C@@H]1O. The molecule has 142 valence electrons. The van der Waals surface area contributed by atoms with Gasteiger partial charge in [0.2, 0.25) is 15.5 Å². The van der Waals surface area contributed by atoms with E-state index in [4.69, 9.17) is 4.74 Å². The van der Waals surface area contributed by atoms with Crippen LogP contribution in [-0.4, -0.2) is 43.2 Å². The van der Waals surface area contributed by atoms with Crippen LogP contribution in [-0.2, 0) is 36.3 Å². The maximum Gasteiger partial charge on any atom is 0.480 e. The van der Waals surface area contributed by atoms with Gasteiger partial charge in [-0.1, -0.05) is 0 Å². The highest BCUT2D eigenvalue weighted by atomic mass is 31.3. The van der Waals surface area contributed by atoms with E-state index >= 15 is 0 Å². The summed E-state index contributed by atoms with van der Waals surface area (Å²) >= 11 is 0. The Morgan fingerprint density at radius 2 is 1.75 bits per heavy atom. The van der Waals surface area contributed by atoms with Crippen molar-refractivity contribution in [2.45, 2.75) is 19.1 Å². The molecule has 1 rings (SSSR count).